The molecule has 3 aromatic rings. The van der Waals surface area contributed by atoms with Crippen molar-refractivity contribution in [1.82, 2.24) is 9.91 Å². The lowest BCUT2D eigenvalue weighted by Crippen LogP contribution is -2.59. The van der Waals surface area contributed by atoms with Crippen molar-refractivity contribution in [2.45, 2.75) is 56.3 Å². The summed E-state index contributed by atoms with van der Waals surface area (Å²) < 4.78 is 12.4. The van der Waals surface area contributed by atoms with E-state index in [0.717, 1.165) is 55.1 Å². The summed E-state index contributed by atoms with van der Waals surface area (Å²) >= 11 is 0. The Morgan fingerprint density at radius 3 is 2.58 bits per heavy atom. The van der Waals surface area contributed by atoms with Gasteiger partial charge in [0.1, 0.15) is 11.5 Å². The van der Waals surface area contributed by atoms with E-state index in [4.69, 9.17) is 14.6 Å². The zero-order valence-electron chi connectivity index (χ0n) is 20.9. The maximum Gasteiger partial charge on any atom is 0.200 e. The Balaban J connectivity index is 1.20. The van der Waals surface area contributed by atoms with E-state index in [1.54, 1.807) is 7.11 Å². The van der Waals surface area contributed by atoms with Gasteiger partial charge in [-0.25, -0.2) is 5.01 Å². The number of rotatable bonds is 3. The molecule has 0 bridgehead atoms. The summed E-state index contributed by atoms with van der Waals surface area (Å²) in [4.78, 5) is 2.70. The first-order valence-electron chi connectivity index (χ1n) is 13.4. The molecule has 1 aliphatic carbocycles. The number of benzene rings is 3. The number of piperidine rings is 1. The van der Waals surface area contributed by atoms with E-state index in [1.165, 1.54) is 36.0 Å². The predicted molar refractivity (Wildman–Crippen MR) is 141 cm³/mol. The Morgan fingerprint density at radius 1 is 0.917 bits per heavy atom. The fraction of sp³-hybridized carbons (Fsp3) is 0.387. The van der Waals surface area contributed by atoms with E-state index in [1.807, 2.05) is 6.07 Å². The van der Waals surface area contributed by atoms with Gasteiger partial charge in [0.25, 0.3) is 0 Å². The maximum absolute atomic E-state index is 6.88. The standard InChI is InChI=1S/C31H33N3O2/c1-35-24-11-6-10-23(20-24)27-21-29-26-13-4-5-15-30(26)36-31(34(29)32-27)16-18-33(19-17-31)28-14-7-9-22-8-2-3-12-25(22)28/h2-6,8,10-13,15,20,28-29H,7,9,14,16-19,21H2,1H3/t28-,29-/m1/s1. The molecular formula is C31H33N3O2. The van der Waals surface area contributed by atoms with Gasteiger partial charge in [0.15, 0.2) is 0 Å². The number of hydrazone groups is 1. The average Bonchev–Trinajstić information content (AvgIpc) is 3.41. The number of aryl methyl sites for hydroxylation is 1. The Labute approximate surface area is 213 Å². The van der Waals surface area contributed by atoms with Crippen LogP contribution >= 0.6 is 0 Å². The van der Waals surface area contributed by atoms with Gasteiger partial charge in [-0.3, -0.25) is 4.90 Å². The molecule has 5 heteroatoms. The van der Waals surface area contributed by atoms with Crippen LogP contribution in [0.2, 0.25) is 0 Å². The molecule has 0 radical (unpaired) electrons. The van der Waals surface area contributed by atoms with Crippen LogP contribution in [0.1, 0.15) is 66.4 Å². The van der Waals surface area contributed by atoms with Crippen LogP contribution in [0.25, 0.3) is 0 Å². The molecule has 1 fully saturated rings. The molecule has 5 nitrogen and oxygen atoms in total. The van der Waals surface area contributed by atoms with Crippen LogP contribution in [0.3, 0.4) is 0 Å². The van der Waals surface area contributed by atoms with Gasteiger partial charge in [-0.1, -0.05) is 54.6 Å². The topological polar surface area (TPSA) is 37.3 Å². The third-order valence-corrected chi connectivity index (χ3v) is 8.67. The molecule has 1 spiro atoms. The second kappa shape index (κ2) is 8.67. The van der Waals surface area contributed by atoms with E-state index < -0.39 is 5.72 Å². The number of hydrogen-bond donors (Lipinski definition) is 0. The van der Waals surface area contributed by atoms with Crippen molar-refractivity contribution in [1.29, 1.82) is 0 Å². The van der Waals surface area contributed by atoms with E-state index in [-0.39, 0.29) is 6.04 Å². The lowest BCUT2D eigenvalue weighted by molar-refractivity contribution is -0.153. The summed E-state index contributed by atoms with van der Waals surface area (Å²) in [6, 6.07) is 26.6. The number of fused-ring (bicyclic) bond motifs is 5. The van der Waals surface area contributed by atoms with Gasteiger partial charge in [0.05, 0.1) is 18.9 Å². The van der Waals surface area contributed by atoms with E-state index >= 15 is 0 Å². The largest absolute Gasteiger partial charge is 0.497 e. The van der Waals surface area contributed by atoms with Crippen molar-refractivity contribution in [2.75, 3.05) is 20.2 Å². The van der Waals surface area contributed by atoms with Gasteiger partial charge in [-0.05, 0) is 48.6 Å². The SMILES string of the molecule is COc1cccc(C2=NN3[C@H](C2)c2ccccc2OC32CCN([C@@H]3CCCc4ccccc43)CC2)c1. The van der Waals surface area contributed by atoms with Gasteiger partial charge < -0.3 is 9.47 Å². The Kier molecular flexibility index (Phi) is 5.28. The summed E-state index contributed by atoms with van der Waals surface area (Å²) in [5.41, 5.74) is 6.16. The number of hydrogen-bond acceptors (Lipinski definition) is 5. The number of ether oxygens (including phenoxy) is 2. The van der Waals surface area contributed by atoms with Crippen LogP contribution < -0.4 is 9.47 Å². The maximum atomic E-state index is 6.88. The first-order valence-corrected chi connectivity index (χ1v) is 13.4. The fourth-order valence-corrected chi connectivity index (χ4v) is 6.83. The van der Waals surface area contributed by atoms with Crippen LogP contribution in [0, 0.1) is 0 Å². The number of likely N-dealkylation sites (tertiary alicyclic amines) is 1. The van der Waals surface area contributed by atoms with Gasteiger partial charge in [0.2, 0.25) is 5.72 Å². The lowest BCUT2D eigenvalue weighted by Gasteiger charge is -2.52. The molecule has 0 N–H and O–H groups in total. The van der Waals surface area contributed by atoms with Gasteiger partial charge in [-0.15, -0.1) is 0 Å². The third kappa shape index (κ3) is 3.52. The van der Waals surface area contributed by atoms with Crippen molar-refractivity contribution in [3.8, 4) is 11.5 Å². The molecular weight excluding hydrogens is 446 g/mol. The predicted octanol–water partition coefficient (Wildman–Crippen LogP) is 6.11. The molecule has 3 heterocycles. The molecule has 0 saturated carbocycles. The van der Waals surface area contributed by atoms with E-state index in [2.05, 4.69) is 76.6 Å². The van der Waals surface area contributed by atoms with Crippen LogP contribution in [-0.2, 0) is 6.42 Å². The molecule has 3 aliphatic heterocycles. The molecule has 0 amide bonds. The van der Waals surface area contributed by atoms with Gasteiger partial charge in [0, 0.05) is 49.5 Å². The Bertz CT molecular complexity index is 1310. The zero-order chi connectivity index (χ0) is 24.1. The number of methoxy groups -OCH3 is 1. The molecule has 0 aromatic heterocycles. The fourth-order valence-electron chi connectivity index (χ4n) is 6.83. The summed E-state index contributed by atoms with van der Waals surface area (Å²) in [7, 11) is 1.72. The lowest BCUT2D eigenvalue weighted by atomic mass is 9.84. The summed E-state index contributed by atoms with van der Waals surface area (Å²) in [6.07, 6.45) is 6.52. The minimum absolute atomic E-state index is 0.207. The Hall–Kier alpha value is -3.31. The molecule has 1 saturated heterocycles. The highest BCUT2D eigenvalue weighted by molar-refractivity contribution is 6.02. The van der Waals surface area contributed by atoms with Gasteiger partial charge >= 0.3 is 0 Å². The molecule has 2 atom stereocenters. The molecule has 36 heavy (non-hydrogen) atoms. The van der Waals surface area contributed by atoms with Crippen LogP contribution in [0.4, 0.5) is 0 Å². The minimum atomic E-state index is -0.398. The quantitative estimate of drug-likeness (QED) is 0.454. The normalized spacial score (nSPS) is 24.4. The minimum Gasteiger partial charge on any atom is -0.497 e. The first kappa shape index (κ1) is 21.9. The highest BCUT2D eigenvalue weighted by Crippen LogP contribution is 2.51. The molecule has 3 aromatic carbocycles. The average molecular weight is 480 g/mol. The second-order valence-corrected chi connectivity index (χ2v) is 10.6. The van der Waals surface area contributed by atoms with Crippen molar-refractivity contribution in [2.24, 2.45) is 5.10 Å². The Morgan fingerprint density at radius 2 is 1.72 bits per heavy atom. The molecule has 0 unspecified atom stereocenters. The smallest absolute Gasteiger partial charge is 0.200 e. The highest BCUT2D eigenvalue weighted by Gasteiger charge is 2.52. The summed E-state index contributed by atoms with van der Waals surface area (Å²) in [6.45, 7) is 2.04. The van der Waals surface area contributed by atoms with Crippen LogP contribution in [0.15, 0.2) is 77.9 Å². The van der Waals surface area contributed by atoms with Crippen molar-refractivity contribution in [3.63, 3.8) is 0 Å². The monoisotopic (exact) mass is 479 g/mol. The highest BCUT2D eigenvalue weighted by atomic mass is 16.5. The van der Waals surface area contributed by atoms with Crippen molar-refractivity contribution >= 4 is 5.71 Å². The first-order chi connectivity index (χ1) is 17.7. The zero-order valence-corrected chi connectivity index (χ0v) is 20.9. The van der Waals surface area contributed by atoms with Crippen LogP contribution in [0.5, 0.6) is 11.5 Å². The van der Waals surface area contributed by atoms with E-state index in [0.29, 0.717) is 6.04 Å². The third-order valence-electron chi connectivity index (χ3n) is 8.67. The molecule has 7 rings (SSSR count). The second-order valence-electron chi connectivity index (χ2n) is 10.6. The molecule has 4 aliphatic rings. The van der Waals surface area contributed by atoms with Gasteiger partial charge in [-0.2, -0.15) is 5.10 Å². The number of para-hydroxylation sites is 1. The van der Waals surface area contributed by atoms with Crippen molar-refractivity contribution < 1.29 is 9.47 Å². The van der Waals surface area contributed by atoms with Crippen LogP contribution in [-0.4, -0.2) is 41.5 Å². The summed E-state index contributed by atoms with van der Waals surface area (Å²) in [5.74, 6) is 1.89. The molecule has 184 valence electrons. The van der Waals surface area contributed by atoms with E-state index in [9.17, 15) is 0 Å². The number of nitrogens with zero attached hydrogens (tertiary/aromatic N) is 3. The summed E-state index contributed by atoms with van der Waals surface area (Å²) in [5, 5.41) is 7.57. The van der Waals surface area contributed by atoms with Crippen molar-refractivity contribution in [3.05, 3.63) is 95.1 Å².